The van der Waals surface area contributed by atoms with Gasteiger partial charge in [-0.05, 0) is 79.3 Å². The molecule has 14 nitrogen and oxygen atoms in total. The van der Waals surface area contributed by atoms with E-state index >= 15 is 0 Å². The molecule has 3 aliphatic rings. The first-order valence-corrected chi connectivity index (χ1v) is 22.3. The van der Waals surface area contributed by atoms with Gasteiger partial charge in [0.1, 0.15) is 30.2 Å². The van der Waals surface area contributed by atoms with Gasteiger partial charge in [-0.15, -0.1) is 11.8 Å². The molecule has 1 amide bonds. The molecule has 3 aromatic rings. The van der Waals surface area contributed by atoms with E-state index in [1.807, 2.05) is 48.7 Å². The Morgan fingerprint density at radius 3 is 2.49 bits per heavy atom. The van der Waals surface area contributed by atoms with Gasteiger partial charge in [0, 0.05) is 66.0 Å². The molecule has 5 N–H and O–H groups in total. The molecule has 4 unspecified atom stereocenters. The second-order valence-electron chi connectivity index (χ2n) is 14.7. The quantitative estimate of drug-likeness (QED) is 0.0732. The van der Waals surface area contributed by atoms with Crippen molar-refractivity contribution in [3.63, 3.8) is 0 Å². The van der Waals surface area contributed by atoms with Crippen LogP contribution in [-0.2, 0) is 36.5 Å². The number of aliphatic hydroxyl groups is 5. The van der Waals surface area contributed by atoms with E-state index in [0.717, 1.165) is 63.5 Å². The first kappa shape index (κ1) is 43.7. The number of halogens is 1. The molecule has 0 bridgehead atoms. The van der Waals surface area contributed by atoms with Gasteiger partial charge in [-0.25, -0.2) is 8.42 Å². The van der Waals surface area contributed by atoms with Crippen LogP contribution in [0.25, 0.3) is 11.1 Å². The summed E-state index contributed by atoms with van der Waals surface area (Å²) in [6.45, 7) is -0.438. The number of nitrogens with zero attached hydrogens (tertiary/aromatic N) is 3. The minimum atomic E-state index is -3.76. The number of hydrogen-bond acceptors (Lipinski definition) is 13. The summed E-state index contributed by atoms with van der Waals surface area (Å²) in [5.41, 5.74) is 3.37. The molecule has 3 fully saturated rings. The predicted octanol–water partition coefficient (Wildman–Crippen LogP) is 2.95. The fourth-order valence-electron chi connectivity index (χ4n) is 6.69. The Bertz CT molecular complexity index is 1910. The van der Waals surface area contributed by atoms with Crippen molar-refractivity contribution in [3.05, 3.63) is 77.1 Å². The van der Waals surface area contributed by atoms with E-state index in [4.69, 9.17) is 30.9 Å². The largest absolute Gasteiger partial charge is 0.490 e. The number of rotatable bonds is 22. The Morgan fingerprint density at radius 2 is 1.77 bits per heavy atom. The highest BCUT2D eigenvalue weighted by Crippen LogP contribution is 2.53. The number of thioether (sulfide) groups is 1. The highest BCUT2D eigenvalue weighted by atomic mass is 35.5. The van der Waals surface area contributed by atoms with Crippen molar-refractivity contribution < 1.29 is 53.0 Å². The zero-order valence-electron chi connectivity index (χ0n) is 31.7. The molecule has 0 spiro atoms. The molecule has 0 radical (unpaired) electrons. The maximum absolute atomic E-state index is 13.4. The van der Waals surface area contributed by atoms with E-state index in [-0.39, 0.29) is 52.0 Å². The number of ether oxygens (including phenoxy) is 3. The highest BCUT2D eigenvalue weighted by molar-refractivity contribution is 7.99. The van der Waals surface area contributed by atoms with Crippen LogP contribution in [0.4, 0.5) is 0 Å². The maximum atomic E-state index is 13.4. The highest BCUT2D eigenvalue weighted by Gasteiger charge is 2.48. The molecular weight excluding hydrogens is 798 g/mol. The van der Waals surface area contributed by atoms with Crippen LogP contribution in [0.15, 0.2) is 65.8 Å². The van der Waals surface area contributed by atoms with Crippen LogP contribution in [0.3, 0.4) is 0 Å². The third-order valence-electron chi connectivity index (χ3n) is 10.4. The third-order valence-corrected chi connectivity index (χ3v) is 13.7. The van der Waals surface area contributed by atoms with Gasteiger partial charge >= 0.3 is 0 Å². The molecule has 57 heavy (non-hydrogen) atoms. The number of benzene rings is 2. The van der Waals surface area contributed by atoms with Crippen LogP contribution in [-0.4, -0.2) is 142 Å². The van der Waals surface area contributed by atoms with E-state index in [1.54, 1.807) is 6.20 Å². The molecule has 6 rings (SSSR count). The van der Waals surface area contributed by atoms with Crippen molar-refractivity contribution in [1.82, 2.24) is 14.2 Å². The number of hydrogen-bond donors (Lipinski definition) is 5. The minimum Gasteiger partial charge on any atom is -0.490 e. The van der Waals surface area contributed by atoms with E-state index in [2.05, 4.69) is 11.1 Å². The monoisotopic (exact) mass is 849 g/mol. The van der Waals surface area contributed by atoms with E-state index in [0.29, 0.717) is 17.2 Å². The third kappa shape index (κ3) is 11.7. The van der Waals surface area contributed by atoms with Gasteiger partial charge in [-0.3, -0.25) is 9.78 Å². The average molecular weight is 850 g/mol. The Morgan fingerprint density at radius 1 is 1.04 bits per heavy atom. The molecule has 2 aromatic carbocycles. The lowest BCUT2D eigenvalue weighted by atomic mass is 9.96. The van der Waals surface area contributed by atoms with Crippen LogP contribution in [0.2, 0.25) is 5.02 Å². The van der Waals surface area contributed by atoms with Crippen molar-refractivity contribution in [2.75, 3.05) is 57.5 Å². The summed E-state index contributed by atoms with van der Waals surface area (Å²) < 4.78 is 45.5. The molecule has 2 aliphatic carbocycles. The summed E-state index contributed by atoms with van der Waals surface area (Å²) in [5, 5.41) is 50.6. The molecule has 2 heterocycles. The molecule has 1 saturated heterocycles. The van der Waals surface area contributed by atoms with Crippen molar-refractivity contribution in [3.8, 4) is 16.9 Å². The number of carbonyl (C=O) groups excluding carboxylic acids is 1. The van der Waals surface area contributed by atoms with Crippen molar-refractivity contribution >= 4 is 39.3 Å². The number of amides is 1. The summed E-state index contributed by atoms with van der Waals surface area (Å²) in [6.07, 6.45) is 0.929. The smallest absolute Gasteiger partial charge is 0.222 e. The summed E-state index contributed by atoms with van der Waals surface area (Å²) in [6, 6.07) is 15.8. The number of carbonyl (C=O) groups is 1. The fourth-order valence-corrected chi connectivity index (χ4v) is 9.19. The van der Waals surface area contributed by atoms with Gasteiger partial charge in [0.15, 0.2) is 0 Å². The van der Waals surface area contributed by atoms with E-state index < -0.39 is 64.9 Å². The van der Waals surface area contributed by atoms with Crippen molar-refractivity contribution in [2.45, 2.75) is 86.1 Å². The Kier molecular flexibility index (Phi) is 15.3. The number of sulfonamides is 1. The number of para-hydroxylation sites is 1. The molecule has 17 heteroatoms. The van der Waals surface area contributed by atoms with Crippen LogP contribution in [0, 0.1) is 0 Å². The number of aliphatic hydroxyl groups excluding tert-OH is 5. The first-order valence-electron chi connectivity index (χ1n) is 19.3. The summed E-state index contributed by atoms with van der Waals surface area (Å²) in [7, 11) is -3.76. The summed E-state index contributed by atoms with van der Waals surface area (Å²) in [4.78, 5) is 20.0. The second-order valence-corrected chi connectivity index (χ2v) is 18.4. The normalized spacial score (nSPS) is 19.1. The van der Waals surface area contributed by atoms with Crippen LogP contribution < -0.4 is 4.74 Å². The summed E-state index contributed by atoms with van der Waals surface area (Å²) in [5.74, 6) is 0.520. The van der Waals surface area contributed by atoms with Gasteiger partial charge in [-0.2, -0.15) is 4.31 Å². The van der Waals surface area contributed by atoms with Gasteiger partial charge < -0.3 is 44.6 Å². The van der Waals surface area contributed by atoms with Crippen molar-refractivity contribution in [1.29, 1.82) is 0 Å². The van der Waals surface area contributed by atoms with E-state index in [1.165, 1.54) is 16.1 Å². The maximum Gasteiger partial charge on any atom is 0.222 e. The van der Waals surface area contributed by atoms with Gasteiger partial charge in [0.2, 0.25) is 15.9 Å². The van der Waals surface area contributed by atoms with Gasteiger partial charge in [0.25, 0.3) is 0 Å². The van der Waals surface area contributed by atoms with Crippen molar-refractivity contribution in [2.24, 2.45) is 0 Å². The topological polar surface area (TPSA) is 199 Å². The Hall–Kier alpha value is -2.87. The summed E-state index contributed by atoms with van der Waals surface area (Å²) >= 11 is 8.17. The van der Waals surface area contributed by atoms with Gasteiger partial charge in [-0.1, -0.05) is 29.8 Å². The van der Waals surface area contributed by atoms with Crippen LogP contribution >= 0.6 is 23.4 Å². The lowest BCUT2D eigenvalue weighted by molar-refractivity contribution is -0.139. The molecule has 1 aliphatic heterocycles. The molecule has 4 atom stereocenters. The van der Waals surface area contributed by atoms with Crippen LogP contribution in [0.1, 0.15) is 49.7 Å². The lowest BCUT2D eigenvalue weighted by Gasteiger charge is -2.31. The average Bonchev–Trinajstić information content (AvgIpc) is 4.18. The van der Waals surface area contributed by atoms with Gasteiger partial charge in [0.05, 0.1) is 43.9 Å². The molecule has 1 aromatic heterocycles. The fraction of sp³-hybridized carbons (Fsp3) is 0.550. The molecule has 312 valence electrons. The lowest BCUT2D eigenvalue weighted by Crippen LogP contribution is -2.51. The Balaban J connectivity index is 1.05. The molecular formula is C40H52ClN3O11S2. The Labute approximate surface area is 342 Å². The second kappa shape index (κ2) is 19.9. The minimum absolute atomic E-state index is 0.0174. The van der Waals surface area contributed by atoms with E-state index in [9.17, 15) is 33.6 Å². The standard InChI is InChI=1S/C40H52ClN3O11S2/c41-33-10-9-29(22-27(33)26-54-40(12-13-40)32-23-42-14-11-30(32)31-4-1-2-5-36(31)55-28-7-8-28)56-20-3-6-37(48)43(24-34(46)38(49)39(50)35(47)25-45)17-21-57(51,52)44-15-18-53-19-16-44/h1-2,4-5,9-11,14,22-23,28,34-35,38-39,45-47,49-50H,3,6-8,12-13,15-21,24-26H2. The molecule has 2 saturated carbocycles. The first-order chi connectivity index (χ1) is 27.4. The zero-order valence-corrected chi connectivity index (χ0v) is 34.1. The predicted molar refractivity (Wildman–Crippen MR) is 214 cm³/mol. The SMILES string of the molecule is O=C(CCCSc1ccc(Cl)c(COC2(c3cnccc3-c3ccccc3OC3CC3)CC2)c1)N(CCS(=O)(=O)N1CCOCC1)CC(O)C(O)C(O)C(O)CO. The zero-order chi connectivity index (χ0) is 40.6. The number of pyridine rings is 1. The number of morpholine rings is 1. The number of aromatic nitrogens is 1. The van der Waals surface area contributed by atoms with Crippen LogP contribution in [0.5, 0.6) is 5.75 Å².